The van der Waals surface area contributed by atoms with Crippen molar-refractivity contribution >= 4 is 16.9 Å². The zero-order valence-electron chi connectivity index (χ0n) is 13.9. The number of fused-ring (bicyclic) bond motifs is 1. The van der Waals surface area contributed by atoms with Gasteiger partial charge in [-0.15, -0.1) is 0 Å². The second-order valence-electron chi connectivity index (χ2n) is 6.01. The average Bonchev–Trinajstić information content (AvgIpc) is 2.68. The fourth-order valence-corrected chi connectivity index (χ4v) is 2.91. The molecule has 0 unspecified atom stereocenters. The first-order valence-electron chi connectivity index (χ1n) is 8.15. The summed E-state index contributed by atoms with van der Waals surface area (Å²) in [5.41, 5.74) is 2.01. The normalized spacial score (nSPS) is 10.9. The summed E-state index contributed by atoms with van der Waals surface area (Å²) in [5, 5.41) is 9.43. The van der Waals surface area contributed by atoms with Crippen LogP contribution >= 0.6 is 0 Å². The molecule has 1 heterocycles. The first-order chi connectivity index (χ1) is 13.0. The minimum Gasteiger partial charge on any atom is -0.478 e. The lowest BCUT2D eigenvalue weighted by atomic mass is 10.0. The highest BCUT2D eigenvalue weighted by Crippen LogP contribution is 2.25. The molecule has 27 heavy (non-hydrogen) atoms. The van der Waals surface area contributed by atoms with Crippen LogP contribution in [0.15, 0.2) is 71.5 Å². The number of hydrogen-bond acceptors (Lipinski definition) is 3. The Morgan fingerprint density at radius 1 is 0.926 bits per heavy atom. The van der Waals surface area contributed by atoms with Crippen molar-refractivity contribution in [3.05, 3.63) is 88.5 Å². The maximum Gasteiger partial charge on any atom is 0.338 e. The van der Waals surface area contributed by atoms with Gasteiger partial charge in [0.25, 0.3) is 5.56 Å². The number of carboxylic acids is 1. The standard InChI is InChI=1S/C21H13FN2O3/c22-17-11-14(9-10-15(17)21(26)27)12-5-7-13(8-6-12)19-23-18-4-2-1-3-16(18)20(25)24-19/h1-11H,(H,26,27)(H,23,24,25). The van der Waals surface area contributed by atoms with Crippen LogP contribution in [0, 0.1) is 5.82 Å². The molecule has 0 atom stereocenters. The summed E-state index contributed by atoms with van der Waals surface area (Å²) in [6.45, 7) is 0. The van der Waals surface area contributed by atoms with E-state index in [9.17, 15) is 14.0 Å². The van der Waals surface area contributed by atoms with E-state index in [4.69, 9.17) is 5.11 Å². The highest BCUT2D eigenvalue weighted by atomic mass is 19.1. The first kappa shape index (κ1) is 16.7. The number of benzene rings is 3. The largest absolute Gasteiger partial charge is 0.478 e. The van der Waals surface area contributed by atoms with Gasteiger partial charge in [0.05, 0.1) is 16.5 Å². The summed E-state index contributed by atoms with van der Waals surface area (Å²) in [7, 11) is 0. The maximum absolute atomic E-state index is 13.9. The molecule has 0 spiro atoms. The van der Waals surface area contributed by atoms with E-state index in [1.54, 1.807) is 48.5 Å². The summed E-state index contributed by atoms with van der Waals surface area (Å²) in [6, 6.07) is 18.1. The number of halogens is 1. The molecule has 0 saturated carbocycles. The lowest BCUT2D eigenvalue weighted by molar-refractivity contribution is 0.0692. The molecule has 3 aromatic carbocycles. The molecule has 0 aliphatic heterocycles. The minimum absolute atomic E-state index is 0.217. The molecule has 0 aliphatic rings. The smallest absolute Gasteiger partial charge is 0.338 e. The van der Waals surface area contributed by atoms with E-state index in [0.717, 1.165) is 5.56 Å². The van der Waals surface area contributed by atoms with Crippen molar-refractivity contribution in [3.63, 3.8) is 0 Å². The number of rotatable bonds is 3. The minimum atomic E-state index is -1.30. The van der Waals surface area contributed by atoms with Crippen molar-refractivity contribution in [3.8, 4) is 22.5 Å². The van der Waals surface area contributed by atoms with E-state index < -0.39 is 11.8 Å². The molecule has 6 heteroatoms. The van der Waals surface area contributed by atoms with E-state index in [2.05, 4.69) is 9.97 Å². The van der Waals surface area contributed by atoms with Crippen LogP contribution in [0.25, 0.3) is 33.4 Å². The van der Waals surface area contributed by atoms with Crippen molar-refractivity contribution in [2.75, 3.05) is 0 Å². The van der Waals surface area contributed by atoms with Crippen molar-refractivity contribution in [2.45, 2.75) is 0 Å². The highest BCUT2D eigenvalue weighted by molar-refractivity contribution is 5.88. The Labute approximate surface area is 152 Å². The molecular formula is C21H13FN2O3. The highest BCUT2D eigenvalue weighted by Gasteiger charge is 2.11. The van der Waals surface area contributed by atoms with Gasteiger partial charge in [-0.25, -0.2) is 14.2 Å². The van der Waals surface area contributed by atoms with Crippen LogP contribution in [0.3, 0.4) is 0 Å². The predicted octanol–water partition coefficient (Wildman–Crippen LogP) is 4.09. The van der Waals surface area contributed by atoms with Crippen molar-refractivity contribution in [1.29, 1.82) is 0 Å². The molecule has 0 radical (unpaired) electrons. The Morgan fingerprint density at radius 2 is 1.59 bits per heavy atom. The van der Waals surface area contributed by atoms with Crippen molar-refractivity contribution in [1.82, 2.24) is 9.97 Å². The van der Waals surface area contributed by atoms with Gasteiger partial charge in [0.1, 0.15) is 11.6 Å². The fourth-order valence-electron chi connectivity index (χ4n) is 2.91. The average molecular weight is 360 g/mol. The topological polar surface area (TPSA) is 83.0 Å². The van der Waals surface area contributed by atoms with E-state index in [1.807, 2.05) is 6.07 Å². The van der Waals surface area contributed by atoms with Crippen molar-refractivity contribution in [2.24, 2.45) is 0 Å². The van der Waals surface area contributed by atoms with E-state index in [1.165, 1.54) is 12.1 Å². The van der Waals surface area contributed by atoms with Gasteiger partial charge in [-0.05, 0) is 35.4 Å². The Hall–Kier alpha value is -3.80. The Morgan fingerprint density at radius 3 is 2.30 bits per heavy atom. The zero-order valence-corrected chi connectivity index (χ0v) is 13.9. The van der Waals surface area contributed by atoms with Crippen LogP contribution in [-0.4, -0.2) is 21.0 Å². The molecule has 1 aromatic heterocycles. The van der Waals surface area contributed by atoms with E-state index in [-0.39, 0.29) is 11.1 Å². The monoisotopic (exact) mass is 360 g/mol. The molecule has 0 aliphatic carbocycles. The third kappa shape index (κ3) is 3.08. The number of carbonyl (C=O) groups is 1. The number of carboxylic acid groups (broad SMARTS) is 1. The Balaban J connectivity index is 1.72. The number of aromatic nitrogens is 2. The number of nitrogens with zero attached hydrogens (tertiary/aromatic N) is 1. The molecule has 0 bridgehead atoms. The quantitative estimate of drug-likeness (QED) is 0.576. The van der Waals surface area contributed by atoms with Crippen LogP contribution < -0.4 is 5.56 Å². The molecule has 0 saturated heterocycles. The molecular weight excluding hydrogens is 347 g/mol. The number of para-hydroxylation sites is 1. The molecule has 0 amide bonds. The second kappa shape index (κ2) is 6.49. The van der Waals surface area contributed by atoms with Gasteiger partial charge >= 0.3 is 5.97 Å². The lowest BCUT2D eigenvalue weighted by Gasteiger charge is -2.06. The third-order valence-corrected chi connectivity index (χ3v) is 4.30. The van der Waals surface area contributed by atoms with Crippen molar-refractivity contribution < 1.29 is 14.3 Å². The molecule has 5 nitrogen and oxygen atoms in total. The van der Waals surface area contributed by atoms with Gasteiger partial charge < -0.3 is 10.1 Å². The zero-order chi connectivity index (χ0) is 19.0. The number of aromatic amines is 1. The maximum atomic E-state index is 13.9. The number of nitrogens with one attached hydrogen (secondary N) is 1. The summed E-state index contributed by atoms with van der Waals surface area (Å²) in [5.74, 6) is -1.65. The van der Waals surface area contributed by atoms with Gasteiger partial charge in [0.2, 0.25) is 0 Å². The summed E-state index contributed by atoms with van der Waals surface area (Å²) < 4.78 is 13.9. The molecule has 2 N–H and O–H groups in total. The van der Waals surface area contributed by atoms with Crippen LogP contribution in [0.5, 0.6) is 0 Å². The number of aromatic carboxylic acids is 1. The Bertz CT molecular complexity index is 1230. The van der Waals surface area contributed by atoms with Gasteiger partial charge in [-0.2, -0.15) is 0 Å². The molecule has 0 fully saturated rings. The number of hydrogen-bond donors (Lipinski definition) is 2. The van der Waals surface area contributed by atoms with E-state index >= 15 is 0 Å². The molecule has 4 aromatic rings. The lowest BCUT2D eigenvalue weighted by Crippen LogP contribution is -2.09. The Kier molecular flexibility index (Phi) is 4.01. The van der Waals surface area contributed by atoms with Crippen LogP contribution in [0.1, 0.15) is 10.4 Å². The van der Waals surface area contributed by atoms with E-state index in [0.29, 0.717) is 27.9 Å². The third-order valence-electron chi connectivity index (χ3n) is 4.30. The van der Waals surface area contributed by atoms with Gasteiger partial charge in [0.15, 0.2) is 0 Å². The second-order valence-corrected chi connectivity index (χ2v) is 6.01. The van der Waals surface area contributed by atoms with Gasteiger partial charge in [0, 0.05) is 5.56 Å². The summed E-state index contributed by atoms with van der Waals surface area (Å²) in [4.78, 5) is 30.4. The van der Waals surface area contributed by atoms with Crippen LogP contribution in [-0.2, 0) is 0 Å². The van der Waals surface area contributed by atoms with Gasteiger partial charge in [-0.1, -0.05) is 42.5 Å². The SMILES string of the molecule is O=C(O)c1ccc(-c2ccc(-c3nc4ccccc4c(=O)[nH]3)cc2)cc1F. The van der Waals surface area contributed by atoms with Gasteiger partial charge in [-0.3, -0.25) is 4.79 Å². The number of H-pyrrole nitrogens is 1. The summed E-state index contributed by atoms with van der Waals surface area (Å²) >= 11 is 0. The molecule has 4 rings (SSSR count). The van der Waals surface area contributed by atoms with Crippen LogP contribution in [0.2, 0.25) is 0 Å². The fraction of sp³-hybridized carbons (Fsp3) is 0. The summed E-state index contributed by atoms with van der Waals surface area (Å²) in [6.07, 6.45) is 0. The first-order valence-corrected chi connectivity index (χ1v) is 8.15. The van der Waals surface area contributed by atoms with Crippen LogP contribution in [0.4, 0.5) is 4.39 Å². The predicted molar refractivity (Wildman–Crippen MR) is 100 cm³/mol. The molecule has 132 valence electrons.